The lowest BCUT2D eigenvalue weighted by Crippen LogP contribution is -2.63. The predicted molar refractivity (Wildman–Crippen MR) is 134 cm³/mol. The Morgan fingerprint density at radius 1 is 1.09 bits per heavy atom. The van der Waals surface area contributed by atoms with Gasteiger partial charge in [0.05, 0.1) is 36.1 Å². The summed E-state index contributed by atoms with van der Waals surface area (Å²) in [4.78, 5) is 27.4. The number of hydrogen-bond donors (Lipinski definition) is 0. The molecule has 0 aromatic rings. The van der Waals surface area contributed by atoms with Gasteiger partial charge in [-0.25, -0.2) is 0 Å². The average molecular weight is 505 g/mol. The second-order valence-corrected chi connectivity index (χ2v) is 22.1. The van der Waals surface area contributed by atoms with Gasteiger partial charge < -0.3 is 18.3 Å². The van der Waals surface area contributed by atoms with E-state index in [0.717, 1.165) is 30.4 Å². The fraction of sp³-hybridized carbons (Fsp3) is 0.769. The van der Waals surface area contributed by atoms with Gasteiger partial charge in [-0.3, -0.25) is 9.59 Å². The average Bonchev–Trinajstić information content (AvgIpc) is 3.07. The highest BCUT2D eigenvalue weighted by atomic mass is 28.4. The molecule has 0 aromatic carbocycles. The molecular weight excluding hydrogens is 464 g/mol. The van der Waals surface area contributed by atoms with E-state index < -0.39 is 39.0 Å². The molecule has 8 heteroatoms. The third kappa shape index (κ3) is 2.91. The lowest BCUT2D eigenvalue weighted by atomic mass is 9.50. The van der Waals surface area contributed by atoms with Crippen molar-refractivity contribution in [3.8, 4) is 0 Å². The summed E-state index contributed by atoms with van der Waals surface area (Å²) in [6.45, 7) is 19.5. The highest BCUT2D eigenvalue weighted by Crippen LogP contribution is 2.78. The van der Waals surface area contributed by atoms with Crippen molar-refractivity contribution in [2.45, 2.75) is 89.7 Å². The highest BCUT2D eigenvalue weighted by Gasteiger charge is 2.85. The number of ether oxygens (including phenoxy) is 2. The maximum atomic E-state index is 13.8. The van der Waals surface area contributed by atoms with Gasteiger partial charge >= 0.3 is 11.9 Å². The van der Waals surface area contributed by atoms with Crippen molar-refractivity contribution in [1.82, 2.24) is 0 Å². The number of carbonyl (C=O) groups is 2. The molecule has 5 aliphatic carbocycles. The topological polar surface area (TPSA) is 71.1 Å². The summed E-state index contributed by atoms with van der Waals surface area (Å²) in [5.41, 5.74) is -0.139. The molecule has 188 valence electrons. The zero-order valence-electron chi connectivity index (χ0n) is 21.9. The first-order valence-electron chi connectivity index (χ1n) is 12.7. The molecule has 0 N–H and O–H groups in total. The number of hydrogen-bond acceptors (Lipinski definition) is 6. The summed E-state index contributed by atoms with van der Waals surface area (Å²) in [6.07, 6.45) is 4.92. The lowest BCUT2D eigenvalue weighted by molar-refractivity contribution is -0.172. The van der Waals surface area contributed by atoms with Gasteiger partial charge in [-0.05, 0) is 83.0 Å². The Balaban J connectivity index is 1.74. The van der Waals surface area contributed by atoms with Crippen LogP contribution in [-0.2, 0) is 27.9 Å². The predicted octanol–water partition coefficient (Wildman–Crippen LogP) is 4.83. The summed E-state index contributed by atoms with van der Waals surface area (Å²) in [5, 5.41) is 0. The van der Waals surface area contributed by atoms with Crippen LogP contribution in [0.5, 0.6) is 0 Å². The van der Waals surface area contributed by atoms with E-state index in [1.165, 1.54) is 7.11 Å². The summed E-state index contributed by atoms with van der Waals surface area (Å²) in [5.74, 6) is -1.19. The Kier molecular flexibility index (Phi) is 5.16. The van der Waals surface area contributed by atoms with Crippen LogP contribution in [0.2, 0.25) is 39.3 Å². The van der Waals surface area contributed by atoms with Gasteiger partial charge in [0.1, 0.15) is 5.60 Å². The molecule has 34 heavy (non-hydrogen) atoms. The Bertz CT molecular complexity index is 992. The molecule has 6 aliphatic rings. The number of rotatable bonds is 5. The van der Waals surface area contributed by atoms with Gasteiger partial charge in [-0.2, -0.15) is 0 Å². The number of carbonyl (C=O) groups excluding carboxylic acids is 2. The quantitative estimate of drug-likeness (QED) is 0.303. The van der Waals surface area contributed by atoms with Crippen LogP contribution in [0.15, 0.2) is 23.8 Å². The molecule has 8 atom stereocenters. The van der Waals surface area contributed by atoms with E-state index in [9.17, 15) is 9.59 Å². The molecule has 4 fully saturated rings. The third-order valence-corrected chi connectivity index (χ3v) is 11.1. The van der Waals surface area contributed by atoms with Crippen LogP contribution in [0.3, 0.4) is 0 Å². The van der Waals surface area contributed by atoms with Crippen LogP contribution in [0.25, 0.3) is 0 Å². The van der Waals surface area contributed by atoms with Crippen molar-refractivity contribution in [2.24, 2.45) is 28.6 Å². The first-order chi connectivity index (χ1) is 15.6. The van der Waals surface area contributed by atoms with E-state index in [1.54, 1.807) is 0 Å². The van der Waals surface area contributed by atoms with E-state index in [-0.39, 0.29) is 36.0 Å². The van der Waals surface area contributed by atoms with Crippen LogP contribution < -0.4 is 0 Å². The van der Waals surface area contributed by atoms with E-state index in [4.69, 9.17) is 18.3 Å². The largest absolute Gasteiger partial charge is 0.469 e. The van der Waals surface area contributed by atoms with E-state index in [1.807, 2.05) is 6.92 Å². The Morgan fingerprint density at radius 2 is 1.74 bits per heavy atom. The minimum Gasteiger partial charge on any atom is -0.469 e. The number of methoxy groups -OCH3 is 1. The van der Waals surface area contributed by atoms with Crippen LogP contribution >= 0.6 is 0 Å². The fourth-order valence-corrected chi connectivity index (χ4v) is 10.4. The van der Waals surface area contributed by atoms with Crippen molar-refractivity contribution in [1.29, 1.82) is 0 Å². The van der Waals surface area contributed by atoms with E-state index >= 15 is 0 Å². The summed E-state index contributed by atoms with van der Waals surface area (Å²) in [7, 11) is -2.48. The molecule has 4 bridgehead atoms. The molecule has 0 aromatic heterocycles. The van der Waals surface area contributed by atoms with Crippen LogP contribution in [0.1, 0.15) is 32.6 Å². The fourth-order valence-electron chi connectivity index (χ4n) is 8.17. The third-order valence-electron chi connectivity index (χ3n) is 9.16. The van der Waals surface area contributed by atoms with Crippen molar-refractivity contribution in [2.75, 3.05) is 7.11 Å². The standard InChI is InChI=1S/C26H40O6Si2/c1-15-16-10-12-25(21(15)32-34(7,8)9)17(14-16)19(22(27)29-3)20-24(2)18(31-33(4,5)6)11-13-26(20,25)30-23(24)28/h14,16,18-21H,1,10-13H2,2-9H3/t16?,18-,19-,20-,21?,24?,25?,26+/m1/s1. The van der Waals surface area contributed by atoms with Gasteiger partial charge in [-0.15, -0.1) is 0 Å². The van der Waals surface area contributed by atoms with Crippen molar-refractivity contribution < 1.29 is 27.9 Å². The molecule has 1 spiro atoms. The van der Waals surface area contributed by atoms with E-state index in [2.05, 4.69) is 51.9 Å². The van der Waals surface area contributed by atoms with Crippen molar-refractivity contribution in [3.05, 3.63) is 23.8 Å². The maximum Gasteiger partial charge on any atom is 0.315 e. The van der Waals surface area contributed by atoms with Crippen LogP contribution in [-0.4, -0.2) is 53.5 Å². The molecule has 0 radical (unpaired) electrons. The molecule has 3 saturated carbocycles. The number of fused-ring (bicyclic) bond motifs is 2. The molecular formula is C26H40O6Si2. The normalized spacial score (nSPS) is 44.9. The smallest absolute Gasteiger partial charge is 0.315 e. The maximum absolute atomic E-state index is 13.8. The summed E-state index contributed by atoms with van der Waals surface area (Å²) < 4.78 is 25.5. The minimum atomic E-state index is -1.98. The number of allylic oxidation sites excluding steroid dienone is 1. The SMILES string of the molecule is C=C1C2C=C3[C@@H](C(=O)OC)[C@@H]4C5(C)C(=O)O[C@]4(CC[C@H]5O[Si](C)(C)C)C3(CC2)C1O[Si](C)(C)C. The molecule has 1 heterocycles. The molecule has 6 rings (SSSR count). The monoisotopic (exact) mass is 504 g/mol. The van der Waals surface area contributed by atoms with Gasteiger partial charge in [0.15, 0.2) is 16.6 Å². The van der Waals surface area contributed by atoms with Crippen molar-refractivity contribution >= 4 is 28.6 Å². The zero-order valence-corrected chi connectivity index (χ0v) is 23.9. The molecule has 1 aliphatic heterocycles. The summed E-state index contributed by atoms with van der Waals surface area (Å²) >= 11 is 0. The number of esters is 2. The Labute approximate surface area is 205 Å². The van der Waals surface area contributed by atoms with Gasteiger partial charge in [0, 0.05) is 11.8 Å². The lowest BCUT2D eigenvalue weighted by Gasteiger charge is -2.58. The first-order valence-corrected chi connectivity index (χ1v) is 19.5. The molecule has 1 saturated heterocycles. The van der Waals surface area contributed by atoms with Crippen LogP contribution in [0.4, 0.5) is 0 Å². The van der Waals surface area contributed by atoms with E-state index in [0.29, 0.717) is 6.42 Å². The van der Waals surface area contributed by atoms with Crippen molar-refractivity contribution in [3.63, 3.8) is 0 Å². The van der Waals surface area contributed by atoms with Gasteiger partial charge in [0.2, 0.25) is 0 Å². The minimum absolute atomic E-state index is 0.179. The molecule has 6 nitrogen and oxygen atoms in total. The Hall–Kier alpha value is -1.23. The second-order valence-electron chi connectivity index (χ2n) is 13.2. The highest BCUT2D eigenvalue weighted by molar-refractivity contribution is 6.70. The van der Waals surface area contributed by atoms with Gasteiger partial charge in [0.25, 0.3) is 0 Å². The summed E-state index contributed by atoms with van der Waals surface area (Å²) in [6, 6.07) is 0. The Morgan fingerprint density at radius 3 is 2.32 bits per heavy atom. The molecule has 0 amide bonds. The molecule has 4 unspecified atom stereocenters. The first kappa shape index (κ1) is 24.5. The second kappa shape index (κ2) is 7.17. The van der Waals surface area contributed by atoms with Gasteiger partial charge in [-0.1, -0.05) is 12.7 Å². The zero-order chi connectivity index (χ0) is 25.1. The van der Waals surface area contributed by atoms with Crippen LogP contribution in [0, 0.1) is 28.6 Å².